The van der Waals surface area contributed by atoms with Crippen molar-refractivity contribution < 1.29 is 0 Å². The summed E-state index contributed by atoms with van der Waals surface area (Å²) in [5.74, 6) is 0.914. The van der Waals surface area contributed by atoms with Crippen LogP contribution in [-0.2, 0) is 7.05 Å². The van der Waals surface area contributed by atoms with Crippen LogP contribution in [0.4, 0.5) is 0 Å². The highest BCUT2D eigenvalue weighted by atomic mass is 15.3. The van der Waals surface area contributed by atoms with Crippen molar-refractivity contribution in [2.45, 2.75) is 18.9 Å². The van der Waals surface area contributed by atoms with Crippen LogP contribution in [0.15, 0.2) is 11.9 Å². The first-order chi connectivity index (χ1) is 5.75. The van der Waals surface area contributed by atoms with Gasteiger partial charge in [0.25, 0.3) is 0 Å². The molecule has 0 unspecified atom stereocenters. The van der Waals surface area contributed by atoms with Gasteiger partial charge in [0.2, 0.25) is 0 Å². The van der Waals surface area contributed by atoms with Crippen LogP contribution in [0, 0.1) is 0 Å². The highest BCUT2D eigenvalue weighted by Gasteiger charge is 2.18. The number of aromatic nitrogens is 3. The first-order valence-corrected chi connectivity index (χ1v) is 4.05. The van der Waals surface area contributed by atoms with Gasteiger partial charge in [-0.25, -0.2) is 9.67 Å². The molecule has 4 nitrogen and oxygen atoms in total. The van der Waals surface area contributed by atoms with E-state index >= 15 is 0 Å². The Labute approximate surface area is 71.1 Å². The topological polar surface area (TPSA) is 56.7 Å². The molecule has 0 radical (unpaired) electrons. The SMILES string of the molecule is Cn1ncnc1C=C1CC(N)C1. The lowest BCUT2D eigenvalue weighted by molar-refractivity contribution is 0.546. The molecule has 0 aromatic carbocycles. The van der Waals surface area contributed by atoms with E-state index in [0.29, 0.717) is 6.04 Å². The van der Waals surface area contributed by atoms with E-state index in [4.69, 9.17) is 5.73 Å². The zero-order chi connectivity index (χ0) is 8.55. The van der Waals surface area contributed by atoms with E-state index in [-0.39, 0.29) is 0 Å². The number of hydrogen-bond donors (Lipinski definition) is 1. The molecular weight excluding hydrogens is 152 g/mol. The lowest BCUT2D eigenvalue weighted by Gasteiger charge is -2.24. The second-order valence-corrected chi connectivity index (χ2v) is 3.21. The second-order valence-electron chi connectivity index (χ2n) is 3.21. The van der Waals surface area contributed by atoms with E-state index in [2.05, 4.69) is 16.2 Å². The summed E-state index contributed by atoms with van der Waals surface area (Å²) in [6, 6.07) is 0.365. The molecule has 64 valence electrons. The van der Waals surface area contributed by atoms with Gasteiger partial charge in [0.05, 0.1) is 0 Å². The van der Waals surface area contributed by atoms with Crippen LogP contribution in [0.1, 0.15) is 18.7 Å². The van der Waals surface area contributed by atoms with Crippen LogP contribution in [0.2, 0.25) is 0 Å². The molecule has 1 fully saturated rings. The van der Waals surface area contributed by atoms with Crippen molar-refractivity contribution in [1.29, 1.82) is 0 Å². The number of aryl methyl sites for hydroxylation is 1. The number of rotatable bonds is 1. The first kappa shape index (κ1) is 7.49. The Morgan fingerprint density at radius 2 is 2.42 bits per heavy atom. The Bertz CT molecular complexity index is 305. The highest BCUT2D eigenvalue weighted by Crippen LogP contribution is 2.25. The predicted octanol–water partition coefficient (Wildman–Crippen LogP) is 0.320. The number of hydrogen-bond acceptors (Lipinski definition) is 3. The fourth-order valence-electron chi connectivity index (χ4n) is 1.35. The van der Waals surface area contributed by atoms with Crippen molar-refractivity contribution in [3.8, 4) is 0 Å². The van der Waals surface area contributed by atoms with Crippen molar-refractivity contribution in [3.05, 3.63) is 17.7 Å². The first-order valence-electron chi connectivity index (χ1n) is 4.05. The third-order valence-electron chi connectivity index (χ3n) is 2.13. The molecule has 1 saturated carbocycles. The van der Waals surface area contributed by atoms with Crippen LogP contribution < -0.4 is 5.73 Å². The summed E-state index contributed by atoms with van der Waals surface area (Å²) in [6.45, 7) is 0. The summed E-state index contributed by atoms with van der Waals surface area (Å²) in [5, 5.41) is 3.98. The molecule has 12 heavy (non-hydrogen) atoms. The van der Waals surface area contributed by atoms with Crippen LogP contribution in [0.3, 0.4) is 0 Å². The third kappa shape index (κ3) is 1.25. The van der Waals surface area contributed by atoms with Crippen LogP contribution in [-0.4, -0.2) is 20.8 Å². The average molecular weight is 164 g/mol. The summed E-state index contributed by atoms with van der Waals surface area (Å²) < 4.78 is 1.76. The Hall–Kier alpha value is -1.16. The van der Waals surface area contributed by atoms with E-state index in [9.17, 15) is 0 Å². The smallest absolute Gasteiger partial charge is 0.150 e. The van der Waals surface area contributed by atoms with Crippen LogP contribution >= 0.6 is 0 Å². The van der Waals surface area contributed by atoms with Gasteiger partial charge >= 0.3 is 0 Å². The fraction of sp³-hybridized carbons (Fsp3) is 0.500. The van der Waals surface area contributed by atoms with Gasteiger partial charge in [0.1, 0.15) is 12.2 Å². The number of nitrogens with two attached hydrogens (primary N) is 1. The molecule has 1 aliphatic carbocycles. The van der Waals surface area contributed by atoms with Crippen molar-refractivity contribution in [1.82, 2.24) is 14.8 Å². The predicted molar refractivity (Wildman–Crippen MR) is 46.2 cm³/mol. The van der Waals surface area contributed by atoms with Crippen LogP contribution in [0.5, 0.6) is 0 Å². The largest absolute Gasteiger partial charge is 0.327 e. The molecule has 2 N–H and O–H groups in total. The summed E-state index contributed by atoms with van der Waals surface area (Å²) in [7, 11) is 1.89. The van der Waals surface area contributed by atoms with E-state index in [1.54, 1.807) is 11.0 Å². The van der Waals surface area contributed by atoms with E-state index in [0.717, 1.165) is 18.7 Å². The Morgan fingerprint density at radius 1 is 1.67 bits per heavy atom. The molecule has 0 atom stereocenters. The van der Waals surface area contributed by atoms with Crippen LogP contribution in [0.25, 0.3) is 6.08 Å². The fourth-order valence-corrected chi connectivity index (χ4v) is 1.35. The Balaban J connectivity index is 2.13. The zero-order valence-corrected chi connectivity index (χ0v) is 7.07. The Kier molecular flexibility index (Phi) is 1.69. The van der Waals surface area contributed by atoms with E-state index in [1.807, 2.05) is 7.05 Å². The summed E-state index contributed by atoms with van der Waals surface area (Å²) in [4.78, 5) is 4.10. The molecule has 1 aromatic rings. The lowest BCUT2D eigenvalue weighted by atomic mass is 9.87. The van der Waals surface area contributed by atoms with Crippen molar-refractivity contribution in [2.75, 3.05) is 0 Å². The van der Waals surface area contributed by atoms with Gasteiger partial charge in [0.15, 0.2) is 0 Å². The monoisotopic (exact) mass is 164 g/mol. The quantitative estimate of drug-likeness (QED) is 0.650. The summed E-state index contributed by atoms with van der Waals surface area (Å²) in [6.07, 6.45) is 5.64. The molecule has 2 rings (SSSR count). The lowest BCUT2D eigenvalue weighted by Crippen LogP contribution is -2.30. The maximum absolute atomic E-state index is 5.65. The maximum atomic E-state index is 5.65. The van der Waals surface area contributed by atoms with Crippen molar-refractivity contribution >= 4 is 6.08 Å². The summed E-state index contributed by atoms with van der Waals surface area (Å²) >= 11 is 0. The molecule has 4 heteroatoms. The van der Waals surface area contributed by atoms with E-state index < -0.39 is 0 Å². The maximum Gasteiger partial charge on any atom is 0.150 e. The van der Waals surface area contributed by atoms with Gasteiger partial charge in [-0.1, -0.05) is 5.57 Å². The molecule has 1 aliphatic rings. The van der Waals surface area contributed by atoms with E-state index in [1.165, 1.54) is 5.57 Å². The number of nitrogens with zero attached hydrogens (tertiary/aromatic N) is 3. The molecule has 0 aliphatic heterocycles. The minimum Gasteiger partial charge on any atom is -0.327 e. The Morgan fingerprint density at radius 3 is 2.92 bits per heavy atom. The second kappa shape index (κ2) is 2.71. The minimum absolute atomic E-state index is 0.365. The van der Waals surface area contributed by atoms with Gasteiger partial charge < -0.3 is 5.73 Å². The molecule has 1 heterocycles. The van der Waals surface area contributed by atoms with Gasteiger partial charge in [-0.2, -0.15) is 5.10 Å². The van der Waals surface area contributed by atoms with Gasteiger partial charge in [-0.05, 0) is 18.9 Å². The molecule has 0 saturated heterocycles. The van der Waals surface area contributed by atoms with Gasteiger partial charge in [0, 0.05) is 13.1 Å². The van der Waals surface area contributed by atoms with Crippen molar-refractivity contribution in [3.63, 3.8) is 0 Å². The molecule has 0 spiro atoms. The molecule has 0 amide bonds. The molecule has 1 aromatic heterocycles. The minimum atomic E-state index is 0.365. The highest BCUT2D eigenvalue weighted by molar-refractivity contribution is 5.48. The zero-order valence-electron chi connectivity index (χ0n) is 7.07. The normalized spacial score (nSPS) is 22.2. The third-order valence-corrected chi connectivity index (χ3v) is 2.13. The standard InChI is InChI=1S/C8H12N4/c1-12-8(10-5-11-12)4-6-2-7(9)3-6/h4-5,7H,2-3,9H2,1H3. The van der Waals surface area contributed by atoms with Gasteiger partial charge in [-0.15, -0.1) is 0 Å². The van der Waals surface area contributed by atoms with Crippen molar-refractivity contribution in [2.24, 2.45) is 12.8 Å². The average Bonchev–Trinajstić information content (AvgIpc) is 2.33. The van der Waals surface area contributed by atoms with Gasteiger partial charge in [-0.3, -0.25) is 0 Å². The summed E-state index contributed by atoms with van der Waals surface area (Å²) in [5.41, 5.74) is 7.03. The molecule has 0 bridgehead atoms. The molecular formula is C8H12N4.